The highest BCUT2D eigenvalue weighted by atomic mass is 35.5. The number of nitrogens with one attached hydrogen (secondary N) is 1. The van der Waals surface area contributed by atoms with Gasteiger partial charge in [0.25, 0.3) is 17.7 Å². The van der Waals surface area contributed by atoms with Gasteiger partial charge in [-0.1, -0.05) is 11.6 Å². The van der Waals surface area contributed by atoms with Crippen LogP contribution in [0.4, 0.5) is 17.1 Å². The van der Waals surface area contributed by atoms with Gasteiger partial charge in [0.1, 0.15) is 12.1 Å². The van der Waals surface area contributed by atoms with Crippen molar-refractivity contribution in [1.82, 2.24) is 20.0 Å². The summed E-state index contributed by atoms with van der Waals surface area (Å²) < 4.78 is 0. The van der Waals surface area contributed by atoms with E-state index in [9.17, 15) is 34.0 Å². The molecule has 1 spiro atoms. The molecule has 15 heteroatoms. The van der Waals surface area contributed by atoms with Crippen LogP contribution in [-0.4, -0.2) is 121 Å². The fraction of sp³-hybridized carbons (Fsp3) is 0.432. The van der Waals surface area contributed by atoms with Crippen molar-refractivity contribution in [3.05, 3.63) is 87.9 Å². The van der Waals surface area contributed by atoms with Crippen molar-refractivity contribution in [2.75, 3.05) is 73.6 Å². The normalized spacial score (nSPS) is 22.6. The highest BCUT2D eigenvalue weighted by Gasteiger charge is 2.47. The lowest BCUT2D eigenvalue weighted by Crippen LogP contribution is -2.54. The molecule has 59 heavy (non-hydrogen) atoms. The zero-order chi connectivity index (χ0) is 41.0. The summed E-state index contributed by atoms with van der Waals surface area (Å²) in [7, 11) is 0. The van der Waals surface area contributed by atoms with Crippen molar-refractivity contribution in [3.8, 4) is 6.07 Å². The quantitative estimate of drug-likeness (QED) is 0.360. The first-order chi connectivity index (χ1) is 28.5. The smallest absolute Gasteiger partial charge is 0.262 e. The Hall–Kier alpha value is -5.78. The van der Waals surface area contributed by atoms with Crippen LogP contribution in [0.3, 0.4) is 0 Å². The molecular weight excluding hydrogens is 772 g/mol. The van der Waals surface area contributed by atoms with Gasteiger partial charge in [-0.25, -0.2) is 0 Å². The lowest BCUT2D eigenvalue weighted by Gasteiger charge is -2.44. The second-order valence-corrected chi connectivity index (χ2v) is 17.1. The van der Waals surface area contributed by atoms with Gasteiger partial charge in [-0.15, -0.1) is 0 Å². The first kappa shape index (κ1) is 38.7. The van der Waals surface area contributed by atoms with E-state index < -0.39 is 29.7 Å². The molecule has 6 aliphatic heterocycles. The number of imide groups is 2. The number of likely N-dealkylation sites (tertiary alicyclic amines) is 1. The summed E-state index contributed by atoms with van der Waals surface area (Å²) in [6.07, 6.45) is 4.09. The molecule has 3 aromatic carbocycles. The van der Waals surface area contributed by atoms with Crippen molar-refractivity contribution in [3.63, 3.8) is 0 Å². The Kier molecular flexibility index (Phi) is 10.1. The van der Waals surface area contributed by atoms with Gasteiger partial charge in [0, 0.05) is 106 Å². The molecule has 9 rings (SSSR count). The minimum Gasteiger partial charge on any atom is -0.371 e. The predicted octanol–water partition coefficient (Wildman–Crippen LogP) is 4.06. The molecule has 6 heterocycles. The Labute approximate surface area is 347 Å². The Bertz CT molecular complexity index is 2290. The maximum atomic E-state index is 13.6. The maximum absolute atomic E-state index is 13.6. The lowest BCUT2D eigenvalue weighted by molar-refractivity contribution is -0.136. The monoisotopic (exact) mass is 816 g/mol. The molecule has 0 saturated carbocycles. The van der Waals surface area contributed by atoms with Crippen LogP contribution >= 0.6 is 11.6 Å². The Morgan fingerprint density at radius 1 is 0.746 bits per heavy atom. The zero-order valence-corrected chi connectivity index (χ0v) is 33.5. The summed E-state index contributed by atoms with van der Waals surface area (Å²) in [6.45, 7) is 7.05. The minimum absolute atomic E-state index is 0.0109. The SMILES string of the molecule is N#Cc1ccc(N2CC3(CCN(C(=O)c4ccc(N5CCN(C6CCN(c7ccc8c(c7)C(=O)N(C7CCC(=O)NC7=O)C8=O)CC6)CC5)cc4)CC3)CC2=O)cc1Cl. The summed E-state index contributed by atoms with van der Waals surface area (Å²) in [4.78, 5) is 89.1. The number of piperidine rings is 3. The molecule has 304 valence electrons. The average molecular weight is 817 g/mol. The second-order valence-electron chi connectivity index (χ2n) is 16.7. The molecule has 14 nitrogen and oxygen atoms in total. The van der Waals surface area contributed by atoms with Crippen molar-refractivity contribution in [2.45, 2.75) is 57.0 Å². The van der Waals surface area contributed by atoms with E-state index in [1.807, 2.05) is 35.2 Å². The third-order valence-corrected chi connectivity index (χ3v) is 13.7. The van der Waals surface area contributed by atoms with Gasteiger partial charge in [-0.2, -0.15) is 5.26 Å². The molecule has 1 unspecified atom stereocenters. The summed E-state index contributed by atoms with van der Waals surface area (Å²) >= 11 is 6.26. The van der Waals surface area contributed by atoms with E-state index in [2.05, 4.69) is 26.1 Å². The van der Waals surface area contributed by atoms with E-state index in [1.54, 1.807) is 35.2 Å². The number of nitriles is 1. The van der Waals surface area contributed by atoms with Gasteiger partial charge in [0.05, 0.1) is 21.7 Å². The van der Waals surface area contributed by atoms with Crippen molar-refractivity contribution < 1.29 is 28.8 Å². The van der Waals surface area contributed by atoms with E-state index in [0.717, 1.165) is 81.2 Å². The van der Waals surface area contributed by atoms with Gasteiger partial charge in [-0.3, -0.25) is 43.9 Å². The number of carbonyl (C=O) groups is 6. The van der Waals surface area contributed by atoms with Gasteiger partial charge < -0.3 is 19.6 Å². The van der Waals surface area contributed by atoms with E-state index in [0.29, 0.717) is 59.5 Å². The molecule has 0 aromatic heterocycles. The van der Waals surface area contributed by atoms with Crippen LogP contribution in [0.25, 0.3) is 0 Å². The molecule has 0 aliphatic carbocycles. The van der Waals surface area contributed by atoms with E-state index in [1.165, 1.54) is 0 Å². The molecule has 3 aromatic rings. The number of amides is 6. The van der Waals surface area contributed by atoms with E-state index in [-0.39, 0.29) is 35.6 Å². The van der Waals surface area contributed by atoms with Crippen molar-refractivity contribution in [1.29, 1.82) is 5.26 Å². The number of nitrogens with zero attached hydrogens (tertiary/aromatic N) is 7. The van der Waals surface area contributed by atoms with Crippen molar-refractivity contribution in [2.24, 2.45) is 5.41 Å². The third kappa shape index (κ3) is 7.20. The van der Waals surface area contributed by atoms with Crippen LogP contribution in [0, 0.1) is 16.7 Å². The summed E-state index contributed by atoms with van der Waals surface area (Å²) in [5, 5.41) is 11.8. The number of carbonyl (C=O) groups excluding carboxylic acids is 6. The van der Waals surface area contributed by atoms with Gasteiger partial charge in [0.2, 0.25) is 17.7 Å². The van der Waals surface area contributed by atoms with Crippen LogP contribution in [-0.2, 0) is 14.4 Å². The molecule has 5 saturated heterocycles. The van der Waals surface area contributed by atoms with Gasteiger partial charge >= 0.3 is 0 Å². The first-order valence-electron chi connectivity index (χ1n) is 20.5. The molecular formula is C44H45ClN8O6. The summed E-state index contributed by atoms with van der Waals surface area (Å²) in [5.41, 5.74) is 4.13. The highest BCUT2D eigenvalue weighted by Crippen LogP contribution is 2.43. The van der Waals surface area contributed by atoms with Crippen molar-refractivity contribution >= 4 is 64.1 Å². The van der Waals surface area contributed by atoms with Crippen LogP contribution in [0.2, 0.25) is 5.02 Å². The number of hydrogen-bond acceptors (Lipinski definition) is 10. The van der Waals surface area contributed by atoms with Crippen LogP contribution in [0.5, 0.6) is 0 Å². The van der Waals surface area contributed by atoms with Crippen LogP contribution in [0.15, 0.2) is 60.7 Å². The largest absolute Gasteiger partial charge is 0.371 e. The van der Waals surface area contributed by atoms with Gasteiger partial charge in [0.15, 0.2) is 0 Å². The molecule has 6 amide bonds. The first-order valence-corrected chi connectivity index (χ1v) is 20.9. The molecule has 1 atom stereocenters. The number of anilines is 3. The van der Waals surface area contributed by atoms with E-state index >= 15 is 0 Å². The summed E-state index contributed by atoms with van der Waals surface area (Å²) in [5.74, 6) is -1.94. The fourth-order valence-corrected chi connectivity index (χ4v) is 10.1. The number of rotatable bonds is 6. The predicted molar refractivity (Wildman–Crippen MR) is 219 cm³/mol. The topological polar surface area (TPSA) is 158 Å². The number of halogens is 1. The highest BCUT2D eigenvalue weighted by molar-refractivity contribution is 6.32. The Morgan fingerprint density at radius 2 is 1.41 bits per heavy atom. The maximum Gasteiger partial charge on any atom is 0.262 e. The number of fused-ring (bicyclic) bond motifs is 1. The molecule has 0 radical (unpaired) electrons. The molecule has 6 aliphatic rings. The standard InChI is InChI=1S/C44H45ClN8O6/c45-36-24-33(6-3-29(36)26-46)52-27-44(25-39(52)55)13-17-51(18-14-44)41(57)28-1-4-30(5-2-28)49-19-21-50(22-20-49)31-11-15-48(16-12-31)32-7-8-34-35(23-32)43(59)53(42(34)58)37-9-10-38(54)47-40(37)56/h1-8,23-24,31,37H,9-22,25,27H2,(H,47,54,56). The average Bonchev–Trinajstić information content (AvgIpc) is 3.71. The Morgan fingerprint density at radius 3 is 2.08 bits per heavy atom. The zero-order valence-electron chi connectivity index (χ0n) is 32.7. The molecule has 5 fully saturated rings. The summed E-state index contributed by atoms with van der Waals surface area (Å²) in [6, 6.07) is 19.9. The van der Waals surface area contributed by atoms with Gasteiger partial charge in [-0.05, 0) is 92.8 Å². The molecule has 1 N–H and O–H groups in total. The minimum atomic E-state index is -0.979. The number of hydrogen-bond donors (Lipinski definition) is 1. The fourth-order valence-electron chi connectivity index (χ4n) is 9.90. The second kappa shape index (κ2) is 15.4. The molecule has 0 bridgehead atoms. The number of benzene rings is 3. The third-order valence-electron chi connectivity index (χ3n) is 13.4. The Balaban J connectivity index is 0.737. The number of piperazine rings is 1. The van der Waals surface area contributed by atoms with Crippen LogP contribution < -0.4 is 20.0 Å². The van der Waals surface area contributed by atoms with E-state index in [4.69, 9.17) is 11.6 Å². The lowest BCUT2D eigenvalue weighted by atomic mass is 9.77. The van der Waals surface area contributed by atoms with Crippen LogP contribution in [0.1, 0.15) is 81.6 Å².